The predicted molar refractivity (Wildman–Crippen MR) is 115 cm³/mol. The van der Waals surface area contributed by atoms with E-state index < -0.39 is 35.3 Å². The Hall–Kier alpha value is 3.40. The van der Waals surface area contributed by atoms with Crippen LogP contribution in [0.2, 0.25) is 39.3 Å². The largest absolute Gasteiger partial charge is 0.186 e. The van der Waals surface area contributed by atoms with Crippen molar-refractivity contribution in [2.75, 3.05) is 0 Å². The molecule has 0 unspecified atom stereocenters. The van der Waals surface area contributed by atoms with Gasteiger partial charge in [0.1, 0.15) is 0 Å². The van der Waals surface area contributed by atoms with Crippen LogP contribution < -0.4 is 0 Å². The number of hydrogen-bond donors (Lipinski definition) is 0. The monoisotopic (exact) mass is 450 g/mol. The van der Waals surface area contributed by atoms with E-state index in [0.29, 0.717) is 0 Å². The van der Waals surface area contributed by atoms with Crippen molar-refractivity contribution < 1.29 is 0 Å². The van der Waals surface area contributed by atoms with Gasteiger partial charge in [-0.1, -0.05) is 39.3 Å². The van der Waals surface area contributed by atoms with Crippen molar-refractivity contribution in [2.45, 2.75) is 39.3 Å². The summed E-state index contributed by atoms with van der Waals surface area (Å²) in [7, 11) is 16.3. The molecule has 0 atom stereocenters. The maximum Gasteiger partial charge on any atom is 0.175 e. The molecule has 5 fully saturated rings. The summed E-state index contributed by atoms with van der Waals surface area (Å²) in [4.78, 5) is 0. The van der Waals surface area contributed by atoms with Crippen LogP contribution in [0.4, 0.5) is 0 Å². The maximum atomic E-state index is 2.81. The normalized spacial score (nSPS) is 73.0. The van der Waals surface area contributed by atoms with Crippen molar-refractivity contribution in [3.05, 3.63) is 0 Å². The Morgan fingerprint density at radius 3 is 0.556 bits per heavy atom. The molecule has 5 rings (SSSR count). The minimum Gasteiger partial charge on any atom is -0.186 e. The van der Waals surface area contributed by atoms with Gasteiger partial charge in [-0.3, -0.25) is 0 Å². The van der Waals surface area contributed by atoms with E-state index in [1.54, 1.807) is 0 Å². The highest BCUT2D eigenvalue weighted by Gasteiger charge is 2.85. The highest BCUT2D eigenvalue weighted by molar-refractivity contribution is 9.29. The second kappa shape index (κ2) is 3.73. The van der Waals surface area contributed by atoms with Gasteiger partial charge in [0.2, 0.25) is 0 Å². The van der Waals surface area contributed by atoms with E-state index in [2.05, 4.69) is 103 Å². The molecule has 0 spiro atoms. The highest BCUT2D eigenvalue weighted by atomic mass is 33.1. The fourth-order valence-corrected chi connectivity index (χ4v) is 431. The predicted octanol–water partition coefficient (Wildman–Crippen LogP) is 5.11. The summed E-state index contributed by atoms with van der Waals surface area (Å²) in [5.41, 5.74) is 0. The molecule has 5 saturated heterocycles. The molecule has 12 heteroatoms. The van der Waals surface area contributed by atoms with E-state index in [1.807, 2.05) is 0 Å². The summed E-state index contributed by atoms with van der Waals surface area (Å²) in [6.07, 6.45) is 0. The smallest absolute Gasteiger partial charge is 0.175 e. The average molecular weight is 451 g/mol. The van der Waals surface area contributed by atoms with Gasteiger partial charge < -0.3 is 0 Å². The fourth-order valence-electron chi connectivity index (χ4n) is 3.47. The van der Waals surface area contributed by atoms with E-state index >= 15 is 0 Å². The van der Waals surface area contributed by atoms with E-state index in [-0.39, 0.29) is 0 Å². The summed E-state index contributed by atoms with van der Waals surface area (Å²) >= 11 is 0. The number of rotatable bonds is 0. The van der Waals surface area contributed by atoms with Crippen molar-refractivity contribution in [3.8, 4) is 0 Å². The van der Waals surface area contributed by atoms with Gasteiger partial charge in [0.25, 0.3) is 0 Å². The summed E-state index contributed by atoms with van der Waals surface area (Å²) in [6, 6.07) is 0. The van der Waals surface area contributed by atoms with Crippen LogP contribution in [0.5, 0.6) is 0 Å². The second-order valence-electron chi connectivity index (χ2n) is 6.29. The SMILES string of the molecule is C[Si]12S[Si]3(C)S[Si]1(C)S[Si]1(C)S[Si]3(C)S[Si]1(C)S2. The molecule has 5 heterocycles. The zero-order valence-electron chi connectivity index (χ0n) is 11.4. The first-order valence-corrected chi connectivity index (χ1v) is 37.8. The second-order valence-corrected chi connectivity index (χ2v) is 98.6. The lowest BCUT2D eigenvalue weighted by Crippen LogP contribution is -2.64. The Labute approximate surface area is 137 Å². The van der Waals surface area contributed by atoms with Crippen molar-refractivity contribution in [1.82, 2.24) is 0 Å². The van der Waals surface area contributed by atoms with Crippen LogP contribution in [0, 0.1) is 0 Å². The van der Waals surface area contributed by atoms with Crippen LogP contribution in [0.1, 0.15) is 0 Å². The first kappa shape index (κ1) is 15.0. The number of hydrogen-bond acceptors (Lipinski definition) is 6. The van der Waals surface area contributed by atoms with Crippen molar-refractivity contribution in [3.63, 3.8) is 0 Å². The molecule has 0 aliphatic carbocycles. The van der Waals surface area contributed by atoms with E-state index in [0.717, 1.165) is 0 Å². The van der Waals surface area contributed by atoms with Gasteiger partial charge in [-0.15, -0.1) is 0 Å². The molecule has 0 N–H and O–H groups in total. The molecule has 5 aliphatic rings. The van der Waals surface area contributed by atoms with Gasteiger partial charge in [0, 0.05) is 0 Å². The zero-order chi connectivity index (χ0) is 13.2. The van der Waals surface area contributed by atoms with Gasteiger partial charge in [-0.25, -0.2) is 0 Å². The standard InChI is InChI=1S/C6H18S6Si6/c1-13-7-17(5)8-14(13,2)12-16(4)10-18(17,6)9-15(16,3)11-13/h1-6H3. The lowest BCUT2D eigenvalue weighted by atomic mass is 11.9. The molecular formula is C6H18S6Si6. The molecule has 102 valence electrons. The summed E-state index contributed by atoms with van der Waals surface area (Å²) in [6.45, 7) is 16.9. The Kier molecular flexibility index (Phi) is 3.10. The Bertz CT molecular complexity index is 403. The Morgan fingerprint density at radius 2 is 0.444 bits per heavy atom. The molecule has 6 bridgehead atoms. The Balaban J connectivity index is 2.02. The van der Waals surface area contributed by atoms with Crippen LogP contribution in [-0.2, 0) is 0 Å². The van der Waals surface area contributed by atoms with Crippen molar-refractivity contribution in [1.29, 1.82) is 0 Å². The van der Waals surface area contributed by atoms with E-state index in [1.165, 1.54) is 0 Å². The van der Waals surface area contributed by atoms with Crippen LogP contribution in [0.25, 0.3) is 0 Å². The van der Waals surface area contributed by atoms with Crippen molar-refractivity contribution in [2.24, 2.45) is 0 Å². The quantitative estimate of drug-likeness (QED) is 0.467. The topological polar surface area (TPSA) is 0 Å². The molecule has 18 heavy (non-hydrogen) atoms. The molecule has 0 aromatic heterocycles. The molecular weight excluding hydrogens is 433 g/mol. The summed E-state index contributed by atoms with van der Waals surface area (Å²) < 4.78 is 0. The lowest BCUT2D eigenvalue weighted by Gasteiger charge is -2.52. The molecule has 0 nitrogen and oxygen atoms in total. The molecule has 0 aromatic carbocycles. The maximum absolute atomic E-state index is 2.81. The van der Waals surface area contributed by atoms with Crippen LogP contribution in [0.3, 0.4) is 0 Å². The fraction of sp³-hybridized carbons (Fsp3) is 1.00. The third-order valence-electron chi connectivity index (χ3n) is 4.81. The van der Waals surface area contributed by atoms with Gasteiger partial charge in [-0.05, 0) is 0 Å². The lowest BCUT2D eigenvalue weighted by molar-refractivity contribution is 2.19. The third-order valence-corrected chi connectivity index (χ3v) is 203. The third kappa shape index (κ3) is 1.49. The summed E-state index contributed by atoms with van der Waals surface area (Å²) in [5, 5.41) is 0. The van der Waals surface area contributed by atoms with Crippen LogP contribution in [-0.4, -0.2) is 35.3 Å². The van der Waals surface area contributed by atoms with E-state index in [9.17, 15) is 0 Å². The minimum atomic E-state index is -1.01. The molecule has 0 saturated carbocycles. The highest BCUT2D eigenvalue weighted by Crippen LogP contribution is 2.84. The zero-order valence-corrected chi connectivity index (χ0v) is 22.3. The van der Waals surface area contributed by atoms with Gasteiger partial charge >= 0.3 is 0 Å². The van der Waals surface area contributed by atoms with Gasteiger partial charge in [0.05, 0.1) is 0 Å². The van der Waals surface area contributed by atoms with Crippen molar-refractivity contribution >= 4 is 99.3 Å². The van der Waals surface area contributed by atoms with Crippen LogP contribution >= 0.6 is 64.0 Å². The first-order valence-electron chi connectivity index (χ1n) is 6.20. The molecule has 5 aliphatic heterocycles. The van der Waals surface area contributed by atoms with Crippen LogP contribution in [0.15, 0.2) is 0 Å². The molecule has 0 radical (unpaired) electrons. The first-order chi connectivity index (χ1) is 7.99. The molecule has 0 amide bonds. The average Bonchev–Trinajstić information content (AvgIpc) is 2.37. The van der Waals surface area contributed by atoms with Gasteiger partial charge in [0.15, 0.2) is 35.3 Å². The van der Waals surface area contributed by atoms with E-state index in [4.69, 9.17) is 0 Å². The molecule has 0 aromatic rings. The summed E-state index contributed by atoms with van der Waals surface area (Å²) in [5.74, 6) is -5.95. The Morgan fingerprint density at radius 1 is 0.333 bits per heavy atom. The van der Waals surface area contributed by atoms with Gasteiger partial charge in [-0.2, -0.15) is 64.0 Å². The minimum absolute atomic E-state index is 0.984.